The number of likely N-dealkylation sites (N-methyl/N-ethyl adjacent to an activating group) is 2. The monoisotopic (exact) mass is 432 g/mol. The highest BCUT2D eigenvalue weighted by atomic mass is 127. The summed E-state index contributed by atoms with van der Waals surface area (Å²) >= 11 is 0. The predicted octanol–water partition coefficient (Wildman–Crippen LogP) is 2.59. The van der Waals surface area contributed by atoms with Crippen LogP contribution in [0, 0.1) is 0 Å². The molecule has 0 saturated carbocycles. The lowest BCUT2D eigenvalue weighted by Crippen LogP contribution is -2.42. The Balaban J connectivity index is 0.00000264. The van der Waals surface area contributed by atoms with Gasteiger partial charge in [-0.25, -0.2) is 0 Å². The number of nitrogens with one attached hydrogen (secondary N) is 1. The van der Waals surface area contributed by atoms with Gasteiger partial charge in [0.1, 0.15) is 5.75 Å². The topological polar surface area (TPSA) is 40.1 Å². The molecule has 1 atom stereocenters. The number of aliphatic imine (C=N–C) groups is 1. The van der Waals surface area contributed by atoms with Crippen LogP contribution in [0.15, 0.2) is 29.3 Å². The number of hydrogen-bond donors (Lipinski definition) is 1. The quantitative estimate of drug-likeness (QED) is 0.673. The molecule has 0 aromatic heterocycles. The van der Waals surface area contributed by atoms with Crippen molar-refractivity contribution in [3.05, 3.63) is 29.8 Å². The molecule has 0 amide bonds. The number of nitrogens with zero attached hydrogens (tertiary/aromatic N) is 3. The number of ether oxygens (including phenoxy) is 1. The normalized spacial score (nSPS) is 15.2. The highest BCUT2D eigenvalue weighted by Gasteiger charge is 2.20. The number of guanidine groups is 1. The molecule has 1 N–H and O–H groups in total. The molecular weight excluding hydrogens is 403 g/mol. The molecule has 0 aliphatic carbocycles. The molecule has 1 aromatic carbocycles. The molecule has 0 saturated heterocycles. The Hall–Kier alpha value is -1.02. The molecule has 0 fully saturated rings. The summed E-state index contributed by atoms with van der Waals surface area (Å²) in [6.45, 7) is 9.17. The van der Waals surface area contributed by atoms with E-state index in [0.29, 0.717) is 6.04 Å². The second-order valence-corrected chi connectivity index (χ2v) is 5.52. The van der Waals surface area contributed by atoms with Gasteiger partial charge in [0.15, 0.2) is 5.96 Å². The molecule has 2 rings (SSSR count). The van der Waals surface area contributed by atoms with E-state index < -0.39 is 0 Å². The third kappa shape index (κ3) is 5.24. The Labute approximate surface area is 157 Å². The van der Waals surface area contributed by atoms with Gasteiger partial charge in [-0.3, -0.25) is 9.89 Å². The molecule has 1 aromatic rings. The second kappa shape index (κ2) is 9.97. The number of rotatable bonds is 7. The van der Waals surface area contributed by atoms with Crippen LogP contribution < -0.4 is 10.1 Å². The third-order valence-corrected chi connectivity index (χ3v) is 4.24. The van der Waals surface area contributed by atoms with Gasteiger partial charge in [-0.1, -0.05) is 26.0 Å². The van der Waals surface area contributed by atoms with Crippen molar-refractivity contribution in [2.45, 2.75) is 19.9 Å². The average Bonchev–Trinajstić information content (AvgIpc) is 2.96. The molecule has 0 radical (unpaired) electrons. The van der Waals surface area contributed by atoms with Crippen molar-refractivity contribution in [2.75, 3.05) is 46.9 Å². The number of benzene rings is 1. The minimum absolute atomic E-state index is 0. The van der Waals surface area contributed by atoms with Crippen LogP contribution in [0.5, 0.6) is 5.75 Å². The lowest BCUT2D eigenvalue weighted by molar-refractivity contribution is 0.218. The molecule has 1 aliphatic rings. The van der Waals surface area contributed by atoms with E-state index in [1.807, 2.05) is 6.07 Å². The molecule has 23 heavy (non-hydrogen) atoms. The maximum absolute atomic E-state index is 5.38. The Morgan fingerprint density at radius 2 is 2.09 bits per heavy atom. The zero-order valence-electron chi connectivity index (χ0n) is 14.6. The first kappa shape index (κ1) is 20.0. The Bertz CT molecular complexity index is 505. The molecule has 0 spiro atoms. The van der Waals surface area contributed by atoms with Crippen LogP contribution in [0.25, 0.3) is 0 Å². The van der Waals surface area contributed by atoms with Gasteiger partial charge >= 0.3 is 0 Å². The first-order chi connectivity index (χ1) is 10.7. The fourth-order valence-electron chi connectivity index (χ4n) is 2.88. The molecule has 0 bridgehead atoms. The third-order valence-electron chi connectivity index (χ3n) is 4.24. The Morgan fingerprint density at radius 3 is 2.65 bits per heavy atom. The van der Waals surface area contributed by atoms with Gasteiger partial charge in [-0.2, -0.15) is 0 Å². The van der Waals surface area contributed by atoms with Crippen LogP contribution in [0.3, 0.4) is 0 Å². The van der Waals surface area contributed by atoms with Gasteiger partial charge in [0.05, 0.1) is 19.7 Å². The summed E-state index contributed by atoms with van der Waals surface area (Å²) in [7, 11) is 3.79. The molecule has 6 heteroatoms. The smallest absolute Gasteiger partial charge is 0.193 e. The van der Waals surface area contributed by atoms with Crippen LogP contribution in [0.4, 0.5) is 0 Å². The largest absolute Gasteiger partial charge is 0.497 e. The first-order valence-corrected chi connectivity index (χ1v) is 8.07. The number of halogens is 1. The standard InChI is InChI=1S/C17H28N4O.HI/c1-5-21(6-2)16(13-19-17-18-10-11-20(17)3)14-8-7-9-15(12-14)22-4;/h7-9,12,16H,5-6,10-11,13H2,1-4H3,(H,18,19);1H. The highest BCUT2D eigenvalue weighted by molar-refractivity contribution is 14.0. The van der Waals surface area contributed by atoms with E-state index in [9.17, 15) is 0 Å². The Morgan fingerprint density at radius 1 is 1.35 bits per heavy atom. The average molecular weight is 432 g/mol. The molecular formula is C17H29IN4O. The van der Waals surface area contributed by atoms with Gasteiger partial charge in [0.25, 0.3) is 0 Å². The van der Waals surface area contributed by atoms with E-state index in [-0.39, 0.29) is 24.0 Å². The van der Waals surface area contributed by atoms with Crippen LogP contribution in [0.2, 0.25) is 0 Å². The molecule has 130 valence electrons. The van der Waals surface area contributed by atoms with Gasteiger partial charge in [-0.15, -0.1) is 24.0 Å². The Kier molecular flexibility index (Phi) is 8.68. The van der Waals surface area contributed by atoms with Gasteiger partial charge in [0, 0.05) is 20.1 Å². The highest BCUT2D eigenvalue weighted by Crippen LogP contribution is 2.23. The van der Waals surface area contributed by atoms with E-state index in [2.05, 4.69) is 59.2 Å². The predicted molar refractivity (Wildman–Crippen MR) is 107 cm³/mol. The van der Waals surface area contributed by atoms with Crippen LogP contribution in [-0.2, 0) is 0 Å². The van der Waals surface area contributed by atoms with E-state index in [4.69, 9.17) is 4.74 Å². The number of hydrogen-bond acceptors (Lipinski definition) is 5. The van der Waals surface area contributed by atoms with E-state index in [1.54, 1.807) is 7.11 Å². The molecule has 1 unspecified atom stereocenters. The van der Waals surface area contributed by atoms with Crippen molar-refractivity contribution in [1.82, 2.24) is 15.1 Å². The zero-order chi connectivity index (χ0) is 15.9. The summed E-state index contributed by atoms with van der Waals surface area (Å²) < 4.78 is 5.38. The summed E-state index contributed by atoms with van der Waals surface area (Å²) in [6, 6.07) is 8.66. The van der Waals surface area contributed by atoms with Gasteiger partial charge in [0.2, 0.25) is 0 Å². The van der Waals surface area contributed by atoms with Crippen LogP contribution in [0.1, 0.15) is 25.5 Å². The minimum atomic E-state index is 0. The lowest BCUT2D eigenvalue weighted by atomic mass is 10.0. The van der Waals surface area contributed by atoms with Crippen LogP contribution >= 0.6 is 24.0 Å². The fourth-order valence-corrected chi connectivity index (χ4v) is 2.88. The molecule has 5 nitrogen and oxygen atoms in total. The summed E-state index contributed by atoms with van der Waals surface area (Å²) in [4.78, 5) is 9.14. The summed E-state index contributed by atoms with van der Waals surface area (Å²) in [5, 5.41) is 3.51. The van der Waals surface area contributed by atoms with Crippen molar-refractivity contribution in [3.63, 3.8) is 0 Å². The number of methoxy groups -OCH3 is 1. The summed E-state index contributed by atoms with van der Waals surface area (Å²) in [5.74, 6) is 1.91. The van der Waals surface area contributed by atoms with Crippen molar-refractivity contribution < 1.29 is 4.74 Å². The van der Waals surface area contributed by atoms with Crippen molar-refractivity contribution in [1.29, 1.82) is 0 Å². The second-order valence-electron chi connectivity index (χ2n) is 5.52. The maximum atomic E-state index is 5.38. The van der Waals surface area contributed by atoms with E-state index in [1.165, 1.54) is 5.56 Å². The molecule has 1 heterocycles. The van der Waals surface area contributed by atoms with Gasteiger partial charge < -0.3 is 15.0 Å². The summed E-state index contributed by atoms with van der Waals surface area (Å²) in [5.41, 5.74) is 1.27. The van der Waals surface area contributed by atoms with Crippen molar-refractivity contribution in [3.8, 4) is 5.75 Å². The fraction of sp³-hybridized carbons (Fsp3) is 0.588. The van der Waals surface area contributed by atoms with Crippen molar-refractivity contribution >= 4 is 29.9 Å². The molecule has 1 aliphatic heterocycles. The maximum Gasteiger partial charge on any atom is 0.193 e. The first-order valence-electron chi connectivity index (χ1n) is 8.07. The van der Waals surface area contributed by atoms with Crippen LogP contribution in [-0.4, -0.2) is 62.6 Å². The SMILES string of the molecule is CCN(CC)C(CNC1=NCCN1C)c1cccc(OC)c1.I. The van der Waals surface area contributed by atoms with E-state index >= 15 is 0 Å². The van der Waals surface area contributed by atoms with Crippen molar-refractivity contribution in [2.24, 2.45) is 4.99 Å². The van der Waals surface area contributed by atoms with E-state index in [0.717, 1.165) is 44.4 Å². The lowest BCUT2D eigenvalue weighted by Gasteiger charge is -2.31. The minimum Gasteiger partial charge on any atom is -0.497 e. The zero-order valence-corrected chi connectivity index (χ0v) is 16.9. The van der Waals surface area contributed by atoms with Gasteiger partial charge in [-0.05, 0) is 30.8 Å². The summed E-state index contributed by atoms with van der Waals surface area (Å²) in [6.07, 6.45) is 0.